The smallest absolute Gasteiger partial charge is 0.217 e. The lowest BCUT2D eigenvalue weighted by atomic mass is 9.80. The topological polar surface area (TPSA) is 54.5 Å². The summed E-state index contributed by atoms with van der Waals surface area (Å²) in [7, 11) is 1.65. The highest BCUT2D eigenvalue weighted by Gasteiger charge is 2.38. The van der Waals surface area contributed by atoms with Gasteiger partial charge in [0.15, 0.2) is 0 Å². The summed E-state index contributed by atoms with van der Waals surface area (Å²) in [5.74, 6) is 0.403. The second-order valence-electron chi connectivity index (χ2n) is 7.88. The zero-order chi connectivity index (χ0) is 21.1. The van der Waals surface area contributed by atoms with Gasteiger partial charge in [0.2, 0.25) is 5.91 Å². The summed E-state index contributed by atoms with van der Waals surface area (Å²) in [5, 5.41) is 4.08. The lowest BCUT2D eigenvalue weighted by Gasteiger charge is -2.42. The fourth-order valence-corrected chi connectivity index (χ4v) is 4.33. The molecule has 0 radical (unpaired) electrons. The largest absolute Gasteiger partial charge is 0.497 e. The van der Waals surface area contributed by atoms with E-state index in [0.29, 0.717) is 18.4 Å². The first kappa shape index (κ1) is 20.3. The van der Waals surface area contributed by atoms with Crippen molar-refractivity contribution in [2.75, 3.05) is 20.2 Å². The molecule has 0 spiro atoms. The van der Waals surface area contributed by atoms with Gasteiger partial charge < -0.3 is 10.1 Å². The number of hydrogen-bond donors (Lipinski definition) is 1. The number of pyridine rings is 1. The Balaban J connectivity index is 1.49. The molecule has 2 aromatic carbocycles. The van der Waals surface area contributed by atoms with E-state index >= 15 is 0 Å². The minimum absolute atomic E-state index is 0.140. The lowest BCUT2D eigenvalue weighted by Crippen LogP contribution is -2.52. The molecule has 1 aliphatic rings. The monoisotopic (exact) mass is 407 g/mol. The van der Waals surface area contributed by atoms with Crippen LogP contribution in [0.15, 0.2) is 54.6 Å². The predicted octanol–water partition coefficient (Wildman–Crippen LogP) is 4.01. The number of rotatable bonds is 5. The third-order valence-corrected chi connectivity index (χ3v) is 5.85. The molecule has 4 rings (SSSR count). The van der Waals surface area contributed by atoms with Crippen LogP contribution >= 0.6 is 0 Å². The number of methoxy groups -OCH3 is 1. The van der Waals surface area contributed by atoms with E-state index in [1.807, 2.05) is 30.3 Å². The van der Waals surface area contributed by atoms with E-state index < -0.39 is 5.54 Å². The van der Waals surface area contributed by atoms with Crippen LogP contribution in [0.4, 0.5) is 4.39 Å². The summed E-state index contributed by atoms with van der Waals surface area (Å²) in [4.78, 5) is 19.0. The minimum atomic E-state index is -0.666. The van der Waals surface area contributed by atoms with Crippen LogP contribution in [0.25, 0.3) is 10.9 Å². The maximum atomic E-state index is 14.5. The molecule has 5 nitrogen and oxygen atoms in total. The van der Waals surface area contributed by atoms with Gasteiger partial charge in [-0.05, 0) is 43.2 Å². The summed E-state index contributed by atoms with van der Waals surface area (Å²) in [6, 6.07) is 16.7. The SMILES string of the molecule is COc1ccc2nc(CN3CCC(NC(C)=O)(c4ccccc4F)CC3)ccc2c1. The first-order chi connectivity index (χ1) is 14.5. The Morgan fingerprint density at radius 1 is 1.17 bits per heavy atom. The van der Waals surface area contributed by atoms with Crippen LogP contribution in [0.2, 0.25) is 0 Å². The molecule has 1 saturated heterocycles. The molecule has 0 bridgehead atoms. The Hall–Kier alpha value is -2.99. The fraction of sp³-hybridized carbons (Fsp3) is 0.333. The summed E-state index contributed by atoms with van der Waals surface area (Å²) in [6.45, 7) is 3.70. The Bertz CT molecular complexity index is 1060. The molecule has 1 fully saturated rings. The van der Waals surface area contributed by atoms with E-state index in [1.54, 1.807) is 19.2 Å². The molecule has 156 valence electrons. The van der Waals surface area contributed by atoms with Gasteiger partial charge in [-0.15, -0.1) is 0 Å². The highest BCUT2D eigenvalue weighted by Crippen LogP contribution is 2.35. The van der Waals surface area contributed by atoms with Crippen LogP contribution in [0, 0.1) is 5.82 Å². The number of benzene rings is 2. The van der Waals surface area contributed by atoms with Crippen LogP contribution in [0.5, 0.6) is 5.75 Å². The highest BCUT2D eigenvalue weighted by atomic mass is 19.1. The first-order valence-electron chi connectivity index (χ1n) is 10.2. The number of amides is 1. The van der Waals surface area contributed by atoms with E-state index in [4.69, 9.17) is 9.72 Å². The molecule has 1 N–H and O–H groups in total. The molecule has 30 heavy (non-hydrogen) atoms. The molecule has 0 atom stereocenters. The van der Waals surface area contributed by atoms with Crippen LogP contribution in [0.1, 0.15) is 31.0 Å². The van der Waals surface area contributed by atoms with Crippen LogP contribution in [-0.2, 0) is 16.9 Å². The number of piperidine rings is 1. The van der Waals surface area contributed by atoms with Crippen molar-refractivity contribution in [1.82, 2.24) is 15.2 Å². The van der Waals surface area contributed by atoms with Crippen molar-refractivity contribution in [1.29, 1.82) is 0 Å². The van der Waals surface area contributed by atoms with Gasteiger partial charge in [0, 0.05) is 37.5 Å². The molecule has 1 aromatic heterocycles. The maximum absolute atomic E-state index is 14.5. The number of carbonyl (C=O) groups excluding carboxylic acids is 1. The number of hydrogen-bond acceptors (Lipinski definition) is 4. The number of halogens is 1. The number of likely N-dealkylation sites (tertiary alicyclic amines) is 1. The number of nitrogens with zero attached hydrogens (tertiary/aromatic N) is 2. The molecule has 1 aliphatic heterocycles. The van der Waals surface area contributed by atoms with E-state index in [2.05, 4.69) is 16.3 Å². The van der Waals surface area contributed by atoms with Gasteiger partial charge in [-0.2, -0.15) is 0 Å². The van der Waals surface area contributed by atoms with Gasteiger partial charge in [-0.25, -0.2) is 4.39 Å². The van der Waals surface area contributed by atoms with Crippen LogP contribution < -0.4 is 10.1 Å². The van der Waals surface area contributed by atoms with Crippen molar-refractivity contribution in [3.8, 4) is 5.75 Å². The number of fused-ring (bicyclic) bond motifs is 1. The zero-order valence-electron chi connectivity index (χ0n) is 17.3. The summed E-state index contributed by atoms with van der Waals surface area (Å²) >= 11 is 0. The Morgan fingerprint density at radius 3 is 2.63 bits per heavy atom. The number of nitrogens with one attached hydrogen (secondary N) is 1. The second-order valence-corrected chi connectivity index (χ2v) is 7.88. The normalized spacial score (nSPS) is 16.4. The van der Waals surface area contributed by atoms with Gasteiger partial charge in [0.25, 0.3) is 0 Å². The van der Waals surface area contributed by atoms with E-state index in [-0.39, 0.29) is 11.7 Å². The molecule has 0 aliphatic carbocycles. The van der Waals surface area contributed by atoms with Crippen molar-refractivity contribution in [3.05, 3.63) is 71.7 Å². The molecular weight excluding hydrogens is 381 g/mol. The Kier molecular flexibility index (Phi) is 5.68. The molecular formula is C24H26FN3O2. The second kappa shape index (κ2) is 8.40. The quantitative estimate of drug-likeness (QED) is 0.694. The third kappa shape index (κ3) is 4.14. The van der Waals surface area contributed by atoms with Crippen LogP contribution in [-0.4, -0.2) is 36.0 Å². The Morgan fingerprint density at radius 2 is 1.93 bits per heavy atom. The molecule has 1 amide bonds. The van der Waals surface area contributed by atoms with E-state index in [0.717, 1.165) is 42.0 Å². The van der Waals surface area contributed by atoms with Crippen LogP contribution in [0.3, 0.4) is 0 Å². The number of carbonyl (C=O) groups is 1. The minimum Gasteiger partial charge on any atom is -0.497 e. The van der Waals surface area contributed by atoms with Gasteiger partial charge in [0.1, 0.15) is 11.6 Å². The molecule has 0 unspecified atom stereocenters. The van der Waals surface area contributed by atoms with Gasteiger partial charge in [-0.3, -0.25) is 14.7 Å². The number of aromatic nitrogens is 1. The zero-order valence-corrected chi connectivity index (χ0v) is 17.3. The van der Waals surface area contributed by atoms with Gasteiger partial charge in [-0.1, -0.05) is 24.3 Å². The molecule has 6 heteroatoms. The maximum Gasteiger partial charge on any atom is 0.217 e. The van der Waals surface area contributed by atoms with Crippen molar-refractivity contribution in [3.63, 3.8) is 0 Å². The van der Waals surface area contributed by atoms with Crippen molar-refractivity contribution >= 4 is 16.8 Å². The predicted molar refractivity (Wildman–Crippen MR) is 115 cm³/mol. The number of ether oxygens (including phenoxy) is 1. The highest BCUT2D eigenvalue weighted by molar-refractivity contribution is 5.80. The fourth-order valence-electron chi connectivity index (χ4n) is 4.33. The average molecular weight is 407 g/mol. The molecule has 2 heterocycles. The molecule has 3 aromatic rings. The average Bonchev–Trinajstić information content (AvgIpc) is 2.75. The summed E-state index contributed by atoms with van der Waals surface area (Å²) in [6.07, 6.45) is 1.30. The van der Waals surface area contributed by atoms with Gasteiger partial charge in [0.05, 0.1) is 23.9 Å². The Labute approximate surface area is 175 Å². The standard InChI is InChI=1S/C24H26FN3O2/c1-17(29)27-24(21-5-3-4-6-22(21)25)11-13-28(14-12-24)16-19-8-7-18-15-20(30-2)9-10-23(18)26-19/h3-10,15H,11-14,16H2,1-2H3,(H,27,29). The summed E-state index contributed by atoms with van der Waals surface area (Å²) < 4.78 is 19.8. The van der Waals surface area contributed by atoms with E-state index in [1.165, 1.54) is 13.0 Å². The lowest BCUT2D eigenvalue weighted by molar-refractivity contribution is -0.121. The summed E-state index contributed by atoms with van der Waals surface area (Å²) in [5.41, 5.74) is 1.83. The first-order valence-corrected chi connectivity index (χ1v) is 10.2. The van der Waals surface area contributed by atoms with E-state index in [9.17, 15) is 9.18 Å². The molecule has 0 saturated carbocycles. The van der Waals surface area contributed by atoms with Crippen molar-refractivity contribution < 1.29 is 13.9 Å². The van der Waals surface area contributed by atoms with Crippen molar-refractivity contribution in [2.24, 2.45) is 0 Å². The van der Waals surface area contributed by atoms with Gasteiger partial charge >= 0.3 is 0 Å². The van der Waals surface area contributed by atoms with Crippen molar-refractivity contribution in [2.45, 2.75) is 31.8 Å². The third-order valence-electron chi connectivity index (χ3n) is 5.85.